The van der Waals surface area contributed by atoms with Gasteiger partial charge < -0.3 is 10.4 Å². The highest BCUT2D eigenvalue weighted by Gasteiger charge is 2.30. The molecule has 0 aromatic heterocycles. The van der Waals surface area contributed by atoms with Crippen LogP contribution in [0, 0.1) is 5.92 Å². The normalized spacial score (nSPS) is 17.0. The zero-order valence-corrected chi connectivity index (χ0v) is 9.62. The molecule has 0 saturated heterocycles. The highest BCUT2D eigenvalue weighted by atomic mass is 16.3. The molecule has 1 aliphatic carbocycles. The van der Waals surface area contributed by atoms with Crippen LogP contribution in [0.1, 0.15) is 39.5 Å². The minimum atomic E-state index is -0.417. The van der Waals surface area contributed by atoms with Crippen molar-refractivity contribution in [2.75, 3.05) is 6.61 Å². The highest BCUT2D eigenvalue weighted by Crippen LogP contribution is 2.21. The first-order valence-corrected chi connectivity index (χ1v) is 5.75. The lowest BCUT2D eigenvalue weighted by atomic mass is 9.92. The minimum absolute atomic E-state index is 0.0197. The lowest BCUT2D eigenvalue weighted by Crippen LogP contribution is -2.52. The summed E-state index contributed by atoms with van der Waals surface area (Å²) < 4.78 is 0. The van der Waals surface area contributed by atoms with E-state index in [2.05, 4.69) is 5.32 Å². The van der Waals surface area contributed by atoms with Gasteiger partial charge in [-0.25, -0.2) is 0 Å². The first-order valence-electron chi connectivity index (χ1n) is 5.75. The Bertz CT molecular complexity index is 228. The van der Waals surface area contributed by atoms with Gasteiger partial charge in [0.1, 0.15) is 0 Å². The summed E-state index contributed by atoms with van der Waals surface area (Å²) in [6, 6.07) is 0. The Balaban J connectivity index is 2.54. The number of aliphatic hydroxyl groups is 1. The molecule has 1 rings (SSSR count). The molecule has 0 heterocycles. The van der Waals surface area contributed by atoms with Crippen molar-refractivity contribution >= 4 is 5.91 Å². The molecule has 3 nitrogen and oxygen atoms in total. The summed E-state index contributed by atoms with van der Waals surface area (Å²) in [6.07, 6.45) is 7.30. The van der Waals surface area contributed by atoms with Crippen molar-refractivity contribution in [3.63, 3.8) is 0 Å². The molecule has 0 aliphatic heterocycles. The molecule has 0 atom stereocenters. The summed E-state index contributed by atoms with van der Waals surface area (Å²) in [4.78, 5) is 11.9. The fourth-order valence-corrected chi connectivity index (χ4v) is 1.88. The maximum atomic E-state index is 11.9. The van der Waals surface area contributed by atoms with E-state index in [-0.39, 0.29) is 18.4 Å². The molecule has 0 spiro atoms. The van der Waals surface area contributed by atoms with E-state index in [1.54, 1.807) is 0 Å². The third-order valence-corrected chi connectivity index (χ3v) is 3.42. The van der Waals surface area contributed by atoms with Gasteiger partial charge in [-0.3, -0.25) is 4.79 Å². The van der Waals surface area contributed by atoms with Gasteiger partial charge in [-0.15, -0.1) is 0 Å². The molecule has 0 fully saturated rings. The van der Waals surface area contributed by atoms with E-state index in [4.69, 9.17) is 0 Å². The van der Waals surface area contributed by atoms with Gasteiger partial charge in [-0.2, -0.15) is 0 Å². The Morgan fingerprint density at radius 2 is 1.93 bits per heavy atom. The van der Waals surface area contributed by atoms with Crippen LogP contribution in [0.4, 0.5) is 0 Å². The van der Waals surface area contributed by atoms with Crippen LogP contribution in [-0.2, 0) is 4.79 Å². The molecule has 0 radical (unpaired) electrons. The first kappa shape index (κ1) is 12.2. The molecule has 3 heteroatoms. The predicted octanol–water partition coefficient (Wildman–Crippen LogP) is 1.62. The van der Waals surface area contributed by atoms with E-state index < -0.39 is 5.54 Å². The number of hydrogen-bond donors (Lipinski definition) is 2. The smallest absolute Gasteiger partial charge is 0.224 e. The molecule has 86 valence electrons. The van der Waals surface area contributed by atoms with Gasteiger partial charge in [0.25, 0.3) is 0 Å². The molecule has 0 saturated carbocycles. The van der Waals surface area contributed by atoms with Gasteiger partial charge in [-0.05, 0) is 25.7 Å². The second kappa shape index (κ2) is 5.31. The van der Waals surface area contributed by atoms with Crippen molar-refractivity contribution in [1.82, 2.24) is 5.32 Å². The standard InChI is InChI=1S/C12H21NO2/c1-3-12(4-2,9-14)13-11(15)10-7-5-6-8-10/h5-6,10,14H,3-4,7-9H2,1-2H3,(H,13,15). The maximum Gasteiger partial charge on any atom is 0.224 e. The quantitative estimate of drug-likeness (QED) is 0.679. The molecule has 0 aromatic rings. The van der Waals surface area contributed by atoms with Crippen molar-refractivity contribution in [3.8, 4) is 0 Å². The van der Waals surface area contributed by atoms with Crippen molar-refractivity contribution in [2.45, 2.75) is 45.1 Å². The summed E-state index contributed by atoms with van der Waals surface area (Å²) in [5, 5.41) is 12.3. The van der Waals surface area contributed by atoms with Gasteiger partial charge in [0, 0.05) is 5.92 Å². The number of hydrogen-bond acceptors (Lipinski definition) is 2. The summed E-state index contributed by atoms with van der Waals surface area (Å²) in [5.41, 5.74) is -0.417. The van der Waals surface area contributed by atoms with Crippen LogP contribution in [0.25, 0.3) is 0 Å². The number of rotatable bonds is 5. The van der Waals surface area contributed by atoms with Crippen LogP contribution in [-0.4, -0.2) is 23.2 Å². The highest BCUT2D eigenvalue weighted by molar-refractivity contribution is 5.80. The average Bonchev–Trinajstić information content (AvgIpc) is 2.79. The molecular formula is C12H21NO2. The van der Waals surface area contributed by atoms with Crippen molar-refractivity contribution in [2.24, 2.45) is 5.92 Å². The van der Waals surface area contributed by atoms with Crippen LogP contribution < -0.4 is 5.32 Å². The van der Waals surface area contributed by atoms with Crippen molar-refractivity contribution in [3.05, 3.63) is 12.2 Å². The number of amides is 1. The summed E-state index contributed by atoms with van der Waals surface area (Å²) in [6.45, 7) is 4.01. The van der Waals surface area contributed by atoms with E-state index >= 15 is 0 Å². The minimum Gasteiger partial charge on any atom is -0.394 e. The Hall–Kier alpha value is -0.830. The number of aliphatic hydroxyl groups excluding tert-OH is 1. The second-order valence-corrected chi connectivity index (χ2v) is 4.27. The third-order valence-electron chi connectivity index (χ3n) is 3.42. The fraction of sp³-hybridized carbons (Fsp3) is 0.750. The van der Waals surface area contributed by atoms with Crippen molar-refractivity contribution < 1.29 is 9.90 Å². The van der Waals surface area contributed by atoms with Crippen molar-refractivity contribution in [1.29, 1.82) is 0 Å². The zero-order valence-electron chi connectivity index (χ0n) is 9.62. The molecule has 0 bridgehead atoms. The molecule has 2 N–H and O–H groups in total. The molecule has 1 aliphatic rings. The van der Waals surface area contributed by atoms with Gasteiger partial charge in [0.15, 0.2) is 0 Å². The molecule has 0 aromatic carbocycles. The van der Waals surface area contributed by atoms with Crippen LogP contribution in [0.3, 0.4) is 0 Å². The lowest BCUT2D eigenvalue weighted by Gasteiger charge is -2.32. The van der Waals surface area contributed by atoms with E-state index in [9.17, 15) is 9.90 Å². The van der Waals surface area contributed by atoms with Gasteiger partial charge in [0.2, 0.25) is 5.91 Å². The van der Waals surface area contributed by atoms with Crippen LogP contribution in [0.15, 0.2) is 12.2 Å². The summed E-state index contributed by atoms with van der Waals surface area (Å²) >= 11 is 0. The van der Waals surface area contributed by atoms with Gasteiger partial charge in [-0.1, -0.05) is 26.0 Å². The monoisotopic (exact) mass is 211 g/mol. The summed E-state index contributed by atoms with van der Waals surface area (Å²) in [7, 11) is 0. The Morgan fingerprint density at radius 3 is 2.33 bits per heavy atom. The first-order chi connectivity index (χ1) is 7.17. The molecule has 0 unspecified atom stereocenters. The topological polar surface area (TPSA) is 49.3 Å². The molecule has 15 heavy (non-hydrogen) atoms. The number of nitrogens with one attached hydrogen (secondary N) is 1. The van der Waals surface area contributed by atoms with Crippen LogP contribution >= 0.6 is 0 Å². The van der Waals surface area contributed by atoms with E-state index in [0.717, 1.165) is 25.7 Å². The van der Waals surface area contributed by atoms with Gasteiger partial charge in [0.05, 0.1) is 12.1 Å². The Kier molecular flexibility index (Phi) is 4.33. The lowest BCUT2D eigenvalue weighted by molar-refractivity contribution is -0.127. The second-order valence-electron chi connectivity index (χ2n) is 4.27. The molecular weight excluding hydrogens is 190 g/mol. The predicted molar refractivity (Wildman–Crippen MR) is 60.4 cm³/mol. The van der Waals surface area contributed by atoms with E-state index in [0.29, 0.717) is 0 Å². The fourth-order valence-electron chi connectivity index (χ4n) is 1.88. The Labute approximate surface area is 91.6 Å². The maximum absolute atomic E-state index is 11.9. The number of carbonyl (C=O) groups excluding carboxylic acids is 1. The zero-order chi connectivity index (χ0) is 11.3. The average molecular weight is 211 g/mol. The number of allylic oxidation sites excluding steroid dienone is 2. The van der Waals surface area contributed by atoms with Gasteiger partial charge >= 0.3 is 0 Å². The molecule has 1 amide bonds. The Morgan fingerprint density at radius 1 is 1.40 bits per heavy atom. The number of carbonyl (C=O) groups is 1. The van der Waals surface area contributed by atoms with E-state index in [1.807, 2.05) is 26.0 Å². The largest absolute Gasteiger partial charge is 0.394 e. The van der Waals surface area contributed by atoms with Crippen LogP contribution in [0.2, 0.25) is 0 Å². The SMILES string of the molecule is CCC(CC)(CO)NC(=O)C1CC=CC1. The summed E-state index contributed by atoms with van der Waals surface area (Å²) in [5.74, 6) is 0.159. The van der Waals surface area contributed by atoms with E-state index in [1.165, 1.54) is 0 Å². The van der Waals surface area contributed by atoms with Crippen LogP contribution in [0.5, 0.6) is 0 Å². The third kappa shape index (κ3) is 2.81.